The van der Waals surface area contributed by atoms with Crippen molar-refractivity contribution in [1.82, 2.24) is 20.5 Å². The minimum Gasteiger partial charge on any atom is -0.350 e. The lowest BCUT2D eigenvalue weighted by Crippen LogP contribution is -2.57. The molecule has 0 aromatic carbocycles. The van der Waals surface area contributed by atoms with Crippen LogP contribution in [0.15, 0.2) is 29.0 Å². The molecule has 0 radical (unpaired) electrons. The Labute approximate surface area is 159 Å². The van der Waals surface area contributed by atoms with Crippen LogP contribution in [0.5, 0.6) is 0 Å². The van der Waals surface area contributed by atoms with Crippen molar-refractivity contribution in [2.45, 2.75) is 19.1 Å². The van der Waals surface area contributed by atoms with Crippen LogP contribution in [0.2, 0.25) is 0 Å². The van der Waals surface area contributed by atoms with Gasteiger partial charge in [-0.15, -0.1) is 0 Å². The zero-order chi connectivity index (χ0) is 19.4. The molecule has 0 bridgehead atoms. The number of alkyl halides is 3. The molecule has 0 aliphatic carbocycles. The van der Waals surface area contributed by atoms with E-state index < -0.39 is 24.7 Å². The van der Waals surface area contributed by atoms with E-state index in [0.717, 1.165) is 11.3 Å². The van der Waals surface area contributed by atoms with Crippen LogP contribution in [0.1, 0.15) is 16.1 Å². The lowest BCUT2D eigenvalue weighted by Gasteiger charge is -2.35. The Morgan fingerprint density at radius 3 is 2.67 bits per heavy atom. The number of aromatic nitrogens is 1. The first-order chi connectivity index (χ1) is 12.9. The van der Waals surface area contributed by atoms with Gasteiger partial charge in [0.05, 0.1) is 17.0 Å². The van der Waals surface area contributed by atoms with Gasteiger partial charge in [-0.2, -0.15) is 24.5 Å². The fourth-order valence-corrected chi connectivity index (χ4v) is 3.75. The van der Waals surface area contributed by atoms with Gasteiger partial charge in [0.2, 0.25) is 0 Å². The minimum atomic E-state index is -4.40. The van der Waals surface area contributed by atoms with E-state index in [-0.39, 0.29) is 5.56 Å². The van der Waals surface area contributed by atoms with Crippen molar-refractivity contribution >= 4 is 17.2 Å². The second-order valence-electron chi connectivity index (χ2n) is 6.39. The minimum absolute atomic E-state index is 0.287. The number of halogens is 3. The van der Waals surface area contributed by atoms with Crippen molar-refractivity contribution in [1.29, 1.82) is 0 Å². The van der Waals surface area contributed by atoms with Gasteiger partial charge in [0.15, 0.2) is 0 Å². The Balaban J connectivity index is 1.68. The van der Waals surface area contributed by atoms with Gasteiger partial charge in [-0.3, -0.25) is 14.7 Å². The molecule has 1 saturated heterocycles. The van der Waals surface area contributed by atoms with Gasteiger partial charge in [0.1, 0.15) is 6.04 Å². The summed E-state index contributed by atoms with van der Waals surface area (Å²) in [5.41, 5.74) is 2.46. The van der Waals surface area contributed by atoms with E-state index in [1.165, 1.54) is 4.90 Å². The molecule has 1 unspecified atom stereocenters. The average molecular weight is 398 g/mol. The maximum absolute atomic E-state index is 13.4. The maximum Gasteiger partial charge on any atom is 0.405 e. The number of carbonyl (C=O) groups is 1. The number of hydrogen-bond acceptors (Lipinski definition) is 5. The molecule has 1 aliphatic rings. The van der Waals surface area contributed by atoms with Crippen molar-refractivity contribution in [2.75, 3.05) is 32.7 Å². The highest BCUT2D eigenvalue weighted by molar-refractivity contribution is 7.08. The van der Waals surface area contributed by atoms with E-state index in [9.17, 15) is 18.0 Å². The van der Waals surface area contributed by atoms with Crippen molar-refractivity contribution in [3.63, 3.8) is 0 Å². The zero-order valence-corrected chi connectivity index (χ0v) is 15.7. The topological polar surface area (TPSA) is 57.3 Å². The maximum atomic E-state index is 13.4. The smallest absolute Gasteiger partial charge is 0.350 e. The molecule has 0 saturated carbocycles. The van der Waals surface area contributed by atoms with Crippen molar-refractivity contribution in [3.05, 3.63) is 40.2 Å². The number of rotatable bonds is 5. The Morgan fingerprint density at radius 1 is 1.33 bits per heavy atom. The molecule has 3 heterocycles. The van der Waals surface area contributed by atoms with Gasteiger partial charge in [0.25, 0.3) is 5.91 Å². The number of amides is 1. The normalized spacial score (nSPS) is 16.9. The zero-order valence-electron chi connectivity index (χ0n) is 14.8. The van der Waals surface area contributed by atoms with Crippen LogP contribution in [-0.4, -0.2) is 60.7 Å². The summed E-state index contributed by atoms with van der Waals surface area (Å²) in [7, 11) is 0. The van der Waals surface area contributed by atoms with Crippen LogP contribution in [0, 0.1) is 6.92 Å². The van der Waals surface area contributed by atoms with Crippen LogP contribution < -0.4 is 10.6 Å². The summed E-state index contributed by atoms with van der Waals surface area (Å²) in [6, 6.07) is 3.55. The van der Waals surface area contributed by atoms with E-state index >= 15 is 0 Å². The van der Waals surface area contributed by atoms with Crippen LogP contribution >= 0.6 is 11.3 Å². The highest BCUT2D eigenvalue weighted by Crippen LogP contribution is 2.25. The Bertz CT molecular complexity index is 773. The molecule has 9 heteroatoms. The molecule has 2 aromatic heterocycles. The molecule has 1 fully saturated rings. The van der Waals surface area contributed by atoms with E-state index in [2.05, 4.69) is 15.6 Å². The quantitative estimate of drug-likeness (QED) is 0.813. The molecule has 1 atom stereocenters. The lowest BCUT2D eigenvalue weighted by molar-refractivity contribution is -0.183. The summed E-state index contributed by atoms with van der Waals surface area (Å²) in [5, 5.41) is 9.35. The predicted molar refractivity (Wildman–Crippen MR) is 98.9 cm³/mol. The highest BCUT2D eigenvalue weighted by Gasteiger charge is 2.43. The standard InChI is InChI=1S/C18H21F3N4OS/c1-12-14(2-3-15(24-12)13-4-9-27-11-13)17(26)23-10-16(18(19,20)21)25-7-5-22-6-8-25/h2-4,9,11,16,22H,5-8,10H2,1H3,(H,23,26). The monoisotopic (exact) mass is 398 g/mol. The van der Waals surface area contributed by atoms with E-state index in [1.54, 1.807) is 30.4 Å². The van der Waals surface area contributed by atoms with Crippen molar-refractivity contribution in [2.24, 2.45) is 0 Å². The van der Waals surface area contributed by atoms with Gasteiger partial charge in [-0.05, 0) is 30.5 Å². The van der Waals surface area contributed by atoms with E-state index in [0.29, 0.717) is 31.9 Å². The highest BCUT2D eigenvalue weighted by atomic mass is 32.1. The number of piperazine rings is 1. The van der Waals surface area contributed by atoms with Gasteiger partial charge < -0.3 is 10.6 Å². The molecule has 27 heavy (non-hydrogen) atoms. The first-order valence-electron chi connectivity index (χ1n) is 8.66. The number of aryl methyl sites for hydroxylation is 1. The van der Waals surface area contributed by atoms with Crippen LogP contribution in [0.4, 0.5) is 13.2 Å². The largest absolute Gasteiger partial charge is 0.405 e. The van der Waals surface area contributed by atoms with Gasteiger partial charge >= 0.3 is 6.18 Å². The van der Waals surface area contributed by atoms with Gasteiger partial charge in [-0.25, -0.2) is 0 Å². The average Bonchev–Trinajstić information content (AvgIpc) is 3.16. The Kier molecular flexibility index (Phi) is 6.13. The SMILES string of the molecule is Cc1nc(-c2ccsc2)ccc1C(=O)NCC(N1CCNCC1)C(F)(F)F. The molecule has 1 amide bonds. The van der Waals surface area contributed by atoms with Crippen molar-refractivity contribution in [3.8, 4) is 11.3 Å². The number of thiophene rings is 1. The lowest BCUT2D eigenvalue weighted by atomic mass is 10.1. The van der Waals surface area contributed by atoms with Gasteiger partial charge in [0, 0.05) is 43.7 Å². The summed E-state index contributed by atoms with van der Waals surface area (Å²) >= 11 is 1.54. The molecule has 2 aromatic rings. The third kappa shape index (κ3) is 4.85. The molecule has 3 rings (SSSR count). The Hall–Kier alpha value is -1.97. The van der Waals surface area contributed by atoms with Crippen LogP contribution in [0.3, 0.4) is 0 Å². The van der Waals surface area contributed by atoms with E-state index in [4.69, 9.17) is 0 Å². The predicted octanol–water partition coefficient (Wildman–Crippen LogP) is 2.68. The fraction of sp³-hybridized carbons (Fsp3) is 0.444. The second kappa shape index (κ2) is 8.37. The molecule has 146 valence electrons. The first-order valence-corrected chi connectivity index (χ1v) is 9.60. The first kappa shape index (κ1) is 19.8. The summed E-state index contributed by atoms with van der Waals surface area (Å²) in [5.74, 6) is -0.541. The van der Waals surface area contributed by atoms with Crippen LogP contribution in [0.25, 0.3) is 11.3 Å². The summed E-state index contributed by atoms with van der Waals surface area (Å²) in [6.07, 6.45) is -4.40. The number of hydrogen-bond donors (Lipinski definition) is 2. The van der Waals surface area contributed by atoms with Crippen molar-refractivity contribution < 1.29 is 18.0 Å². The number of nitrogens with zero attached hydrogens (tertiary/aromatic N) is 2. The summed E-state index contributed by atoms with van der Waals surface area (Å²) < 4.78 is 40.3. The third-order valence-electron chi connectivity index (χ3n) is 4.57. The molecular weight excluding hydrogens is 377 g/mol. The summed E-state index contributed by atoms with van der Waals surface area (Å²) in [6.45, 7) is 2.82. The third-order valence-corrected chi connectivity index (χ3v) is 5.26. The molecule has 2 N–H and O–H groups in total. The van der Waals surface area contributed by atoms with Crippen LogP contribution in [-0.2, 0) is 0 Å². The number of nitrogens with one attached hydrogen (secondary N) is 2. The number of pyridine rings is 1. The second-order valence-corrected chi connectivity index (χ2v) is 7.17. The molecule has 1 aliphatic heterocycles. The fourth-order valence-electron chi connectivity index (χ4n) is 3.10. The molecular formula is C18H21F3N4OS. The molecule has 5 nitrogen and oxygen atoms in total. The van der Waals surface area contributed by atoms with Gasteiger partial charge in [-0.1, -0.05) is 0 Å². The number of carbonyl (C=O) groups excluding carboxylic acids is 1. The Morgan fingerprint density at radius 2 is 2.07 bits per heavy atom. The summed E-state index contributed by atoms with van der Waals surface area (Å²) in [4.78, 5) is 18.2. The van der Waals surface area contributed by atoms with E-state index in [1.807, 2.05) is 16.8 Å². The molecule has 0 spiro atoms.